The van der Waals surface area contributed by atoms with Crippen molar-refractivity contribution >= 4 is 17.3 Å². The Balaban J connectivity index is 1.86. The lowest BCUT2D eigenvalue weighted by Gasteiger charge is -2.32. The van der Waals surface area contributed by atoms with Crippen molar-refractivity contribution in [2.75, 3.05) is 26.2 Å². The number of aliphatic imine (C=N–C) groups is 1. The smallest absolute Gasteiger partial charge is 0.191 e. The molecule has 0 bridgehead atoms. The van der Waals surface area contributed by atoms with Crippen LogP contribution >= 0.6 is 11.3 Å². The molecular weight excluding hydrogens is 318 g/mol. The molecule has 1 aliphatic rings. The molecule has 2 rings (SSSR count). The number of aromatic nitrogens is 1. The second-order valence-corrected chi connectivity index (χ2v) is 7.68. The number of nitrogens with one attached hydrogen (secondary N) is 2. The molecule has 1 saturated heterocycles. The summed E-state index contributed by atoms with van der Waals surface area (Å²) in [5.74, 6) is 1.41. The van der Waals surface area contributed by atoms with Gasteiger partial charge in [0.15, 0.2) is 5.96 Å². The van der Waals surface area contributed by atoms with Gasteiger partial charge >= 0.3 is 0 Å². The quantitative estimate of drug-likeness (QED) is 0.585. The number of nitrogens with zero attached hydrogens (tertiary/aromatic N) is 3. The van der Waals surface area contributed by atoms with Gasteiger partial charge in [-0.2, -0.15) is 0 Å². The minimum Gasteiger partial charge on any atom is -0.357 e. The highest BCUT2D eigenvalue weighted by atomic mass is 32.1. The summed E-state index contributed by atoms with van der Waals surface area (Å²) >= 11 is 1.74. The van der Waals surface area contributed by atoms with Gasteiger partial charge in [-0.3, -0.25) is 0 Å². The lowest BCUT2D eigenvalue weighted by molar-refractivity contribution is 0.206. The van der Waals surface area contributed by atoms with Crippen molar-refractivity contribution in [3.8, 4) is 0 Å². The maximum absolute atomic E-state index is 4.73. The van der Waals surface area contributed by atoms with E-state index < -0.39 is 0 Å². The predicted octanol–water partition coefficient (Wildman–Crippen LogP) is 3.20. The van der Waals surface area contributed by atoms with Gasteiger partial charge in [-0.05, 0) is 32.7 Å². The van der Waals surface area contributed by atoms with Crippen LogP contribution < -0.4 is 10.6 Å². The number of rotatable bonds is 7. The predicted molar refractivity (Wildman–Crippen MR) is 104 cm³/mol. The summed E-state index contributed by atoms with van der Waals surface area (Å²) in [6.07, 6.45) is 3.63. The van der Waals surface area contributed by atoms with Crippen LogP contribution in [0.1, 0.15) is 63.6 Å². The topological polar surface area (TPSA) is 52.5 Å². The lowest BCUT2D eigenvalue weighted by Crippen LogP contribution is -2.48. The summed E-state index contributed by atoms with van der Waals surface area (Å²) < 4.78 is 0. The number of piperidine rings is 1. The van der Waals surface area contributed by atoms with E-state index in [0.717, 1.165) is 18.2 Å². The van der Waals surface area contributed by atoms with E-state index in [2.05, 4.69) is 53.6 Å². The van der Waals surface area contributed by atoms with E-state index in [4.69, 9.17) is 4.99 Å². The normalized spacial score (nSPS) is 17.5. The first-order chi connectivity index (χ1) is 11.6. The van der Waals surface area contributed by atoms with Crippen molar-refractivity contribution in [1.29, 1.82) is 0 Å². The van der Waals surface area contributed by atoms with Crippen LogP contribution in [0.15, 0.2) is 10.4 Å². The van der Waals surface area contributed by atoms with Gasteiger partial charge in [-0.25, -0.2) is 9.98 Å². The fourth-order valence-corrected chi connectivity index (χ4v) is 3.78. The Hall–Kier alpha value is -1.14. The molecule has 0 unspecified atom stereocenters. The van der Waals surface area contributed by atoms with Gasteiger partial charge in [0.25, 0.3) is 0 Å². The molecule has 2 heterocycles. The third-order valence-electron chi connectivity index (χ3n) is 4.28. The zero-order valence-electron chi connectivity index (χ0n) is 15.6. The molecule has 0 aliphatic carbocycles. The maximum Gasteiger partial charge on any atom is 0.191 e. The van der Waals surface area contributed by atoms with Crippen LogP contribution in [0.4, 0.5) is 0 Å². The standard InChI is InChI=1S/C18H33N5S/c1-5-9-23-10-7-15(8-11-23)22-18(19-6-2)20-12-16-13-24-17(21-16)14(3)4/h13-15H,5-12H2,1-4H3,(H2,19,20,22). The maximum atomic E-state index is 4.73. The van der Waals surface area contributed by atoms with Crippen molar-refractivity contribution in [2.45, 2.75) is 65.5 Å². The molecule has 1 fully saturated rings. The summed E-state index contributed by atoms with van der Waals surface area (Å²) in [6, 6.07) is 0.526. The molecule has 0 radical (unpaired) electrons. The summed E-state index contributed by atoms with van der Waals surface area (Å²) in [4.78, 5) is 12.0. The zero-order valence-corrected chi connectivity index (χ0v) is 16.5. The van der Waals surface area contributed by atoms with E-state index in [1.54, 1.807) is 11.3 Å². The highest BCUT2D eigenvalue weighted by Crippen LogP contribution is 2.19. The summed E-state index contributed by atoms with van der Waals surface area (Å²) in [5.41, 5.74) is 1.07. The summed E-state index contributed by atoms with van der Waals surface area (Å²) in [5, 5.41) is 10.3. The van der Waals surface area contributed by atoms with E-state index >= 15 is 0 Å². The van der Waals surface area contributed by atoms with E-state index in [1.807, 2.05) is 0 Å². The number of thiazole rings is 1. The van der Waals surface area contributed by atoms with Crippen molar-refractivity contribution in [2.24, 2.45) is 4.99 Å². The monoisotopic (exact) mass is 351 g/mol. The second-order valence-electron chi connectivity index (χ2n) is 6.79. The Bertz CT molecular complexity index is 503. The largest absolute Gasteiger partial charge is 0.357 e. The van der Waals surface area contributed by atoms with Crippen molar-refractivity contribution in [1.82, 2.24) is 20.5 Å². The molecule has 6 heteroatoms. The number of hydrogen-bond acceptors (Lipinski definition) is 4. The highest BCUT2D eigenvalue weighted by molar-refractivity contribution is 7.09. The Morgan fingerprint density at radius 1 is 1.38 bits per heavy atom. The van der Waals surface area contributed by atoms with E-state index in [-0.39, 0.29) is 0 Å². The molecular formula is C18H33N5S. The summed E-state index contributed by atoms with van der Waals surface area (Å²) in [7, 11) is 0. The third-order valence-corrected chi connectivity index (χ3v) is 5.47. The van der Waals surface area contributed by atoms with Crippen LogP contribution in [-0.4, -0.2) is 48.1 Å². The van der Waals surface area contributed by atoms with Crippen molar-refractivity contribution < 1.29 is 0 Å². The van der Waals surface area contributed by atoms with E-state index in [1.165, 1.54) is 43.9 Å². The second kappa shape index (κ2) is 9.99. The molecule has 1 aromatic heterocycles. The SMILES string of the molecule is CCCN1CCC(NC(=NCc2csc(C(C)C)n2)NCC)CC1. The average Bonchev–Trinajstić information content (AvgIpc) is 3.04. The molecule has 0 amide bonds. The first-order valence-electron chi connectivity index (χ1n) is 9.33. The van der Waals surface area contributed by atoms with Gasteiger partial charge < -0.3 is 15.5 Å². The number of likely N-dealkylation sites (tertiary alicyclic amines) is 1. The molecule has 24 heavy (non-hydrogen) atoms. The van der Waals surface area contributed by atoms with Crippen LogP contribution in [0.25, 0.3) is 0 Å². The van der Waals surface area contributed by atoms with Gasteiger partial charge in [0.05, 0.1) is 17.2 Å². The molecule has 136 valence electrons. The zero-order chi connectivity index (χ0) is 17.4. The Morgan fingerprint density at radius 3 is 2.71 bits per heavy atom. The molecule has 1 aliphatic heterocycles. The van der Waals surface area contributed by atoms with Gasteiger partial charge in [0, 0.05) is 37.0 Å². The van der Waals surface area contributed by atoms with E-state index in [9.17, 15) is 0 Å². The van der Waals surface area contributed by atoms with Gasteiger partial charge in [0.1, 0.15) is 0 Å². The Morgan fingerprint density at radius 2 is 2.12 bits per heavy atom. The van der Waals surface area contributed by atoms with Crippen LogP contribution in [-0.2, 0) is 6.54 Å². The fourth-order valence-electron chi connectivity index (χ4n) is 2.95. The molecule has 1 aromatic rings. The summed E-state index contributed by atoms with van der Waals surface area (Å²) in [6.45, 7) is 13.9. The van der Waals surface area contributed by atoms with Crippen LogP contribution in [0.3, 0.4) is 0 Å². The minimum atomic E-state index is 0.493. The molecule has 0 spiro atoms. The molecule has 5 nitrogen and oxygen atoms in total. The van der Waals surface area contributed by atoms with Gasteiger partial charge in [-0.1, -0.05) is 20.8 Å². The first kappa shape index (κ1) is 19.2. The average molecular weight is 352 g/mol. The van der Waals surface area contributed by atoms with E-state index in [0.29, 0.717) is 18.5 Å². The third kappa shape index (κ3) is 6.06. The molecule has 2 N–H and O–H groups in total. The van der Waals surface area contributed by atoms with Gasteiger partial charge in [-0.15, -0.1) is 11.3 Å². The highest BCUT2D eigenvalue weighted by Gasteiger charge is 2.19. The van der Waals surface area contributed by atoms with Crippen molar-refractivity contribution in [3.05, 3.63) is 16.1 Å². The Labute approximate surface area is 151 Å². The van der Waals surface area contributed by atoms with Crippen LogP contribution in [0, 0.1) is 0 Å². The molecule has 0 aromatic carbocycles. The van der Waals surface area contributed by atoms with Crippen LogP contribution in [0.2, 0.25) is 0 Å². The fraction of sp³-hybridized carbons (Fsp3) is 0.778. The number of hydrogen-bond donors (Lipinski definition) is 2. The first-order valence-corrected chi connectivity index (χ1v) is 10.2. The number of guanidine groups is 1. The minimum absolute atomic E-state index is 0.493. The Kier molecular flexibility index (Phi) is 7.99. The lowest BCUT2D eigenvalue weighted by atomic mass is 10.1. The van der Waals surface area contributed by atoms with Gasteiger partial charge in [0.2, 0.25) is 0 Å². The van der Waals surface area contributed by atoms with Crippen LogP contribution in [0.5, 0.6) is 0 Å². The molecule has 0 saturated carbocycles. The van der Waals surface area contributed by atoms with Crippen molar-refractivity contribution in [3.63, 3.8) is 0 Å². The molecule has 0 atom stereocenters.